The van der Waals surface area contributed by atoms with Gasteiger partial charge in [0.05, 0.1) is 12.0 Å². The van der Waals surface area contributed by atoms with Crippen molar-refractivity contribution in [3.63, 3.8) is 0 Å². The van der Waals surface area contributed by atoms with Gasteiger partial charge in [-0.05, 0) is 19.5 Å². The van der Waals surface area contributed by atoms with E-state index in [-0.39, 0.29) is 17.4 Å². The Bertz CT molecular complexity index is 441. The minimum Gasteiger partial charge on any atom is -0.476 e. The zero-order chi connectivity index (χ0) is 15.0. The molecule has 0 aliphatic heterocycles. The zero-order valence-electron chi connectivity index (χ0n) is 12.1. The van der Waals surface area contributed by atoms with Crippen LogP contribution in [0.2, 0.25) is 0 Å². The lowest BCUT2D eigenvalue weighted by Crippen LogP contribution is -2.29. The van der Waals surface area contributed by atoms with Crippen molar-refractivity contribution in [1.29, 1.82) is 0 Å². The van der Waals surface area contributed by atoms with Crippen molar-refractivity contribution in [3.8, 4) is 5.88 Å². The maximum Gasteiger partial charge on any atom is 0.372 e. The molecule has 8 nitrogen and oxygen atoms in total. The molecule has 0 radical (unpaired) electrons. The smallest absolute Gasteiger partial charge is 0.372 e. The quantitative estimate of drug-likeness (QED) is 0.542. The molecular formula is C12H21N5O3. The molecule has 0 aliphatic rings. The lowest BCUT2D eigenvalue weighted by Gasteiger charge is -2.19. The van der Waals surface area contributed by atoms with Crippen molar-refractivity contribution in [2.45, 2.75) is 20.3 Å². The molecule has 0 saturated carbocycles. The molecule has 1 N–H and O–H groups in total. The second kappa shape index (κ2) is 8.26. The predicted octanol–water partition coefficient (Wildman–Crippen LogP) is 1.54. The van der Waals surface area contributed by atoms with Gasteiger partial charge in [0, 0.05) is 13.1 Å². The van der Waals surface area contributed by atoms with Crippen LogP contribution < -0.4 is 10.1 Å². The third-order valence-corrected chi connectivity index (χ3v) is 2.87. The number of ether oxygens (including phenoxy) is 1. The van der Waals surface area contributed by atoms with Gasteiger partial charge < -0.3 is 15.0 Å². The summed E-state index contributed by atoms with van der Waals surface area (Å²) in [5, 5.41) is 14.0. The first-order valence-corrected chi connectivity index (χ1v) is 6.63. The van der Waals surface area contributed by atoms with Crippen LogP contribution in [0.3, 0.4) is 0 Å². The molecule has 0 aromatic carbocycles. The molecule has 0 fully saturated rings. The average Bonchev–Trinajstić information content (AvgIpc) is 2.45. The van der Waals surface area contributed by atoms with Crippen molar-refractivity contribution in [2.24, 2.45) is 0 Å². The van der Waals surface area contributed by atoms with Crippen LogP contribution in [0.5, 0.6) is 5.88 Å². The largest absolute Gasteiger partial charge is 0.476 e. The first kappa shape index (κ1) is 16.1. The Hall–Kier alpha value is -1.96. The van der Waals surface area contributed by atoms with Gasteiger partial charge >= 0.3 is 5.69 Å². The normalized spacial score (nSPS) is 10.6. The van der Waals surface area contributed by atoms with Crippen LogP contribution in [0, 0.1) is 10.1 Å². The number of likely N-dealkylation sites (N-methyl/N-ethyl adjacent to an activating group) is 1. The van der Waals surface area contributed by atoms with Crippen molar-refractivity contribution in [2.75, 3.05) is 38.6 Å². The SMILES string of the molecule is CCCN(CC)CCNc1ncnc(OC)c1[N+](=O)[O-]. The summed E-state index contributed by atoms with van der Waals surface area (Å²) >= 11 is 0. The Labute approximate surface area is 118 Å². The summed E-state index contributed by atoms with van der Waals surface area (Å²) in [6, 6.07) is 0. The molecule has 0 amide bonds. The summed E-state index contributed by atoms with van der Waals surface area (Å²) in [5.41, 5.74) is -0.228. The van der Waals surface area contributed by atoms with E-state index in [4.69, 9.17) is 4.74 Å². The highest BCUT2D eigenvalue weighted by atomic mass is 16.6. The van der Waals surface area contributed by atoms with Crippen LogP contribution in [-0.2, 0) is 0 Å². The lowest BCUT2D eigenvalue weighted by atomic mass is 10.4. The highest BCUT2D eigenvalue weighted by Crippen LogP contribution is 2.29. The molecule has 0 bridgehead atoms. The first-order chi connectivity index (χ1) is 9.63. The van der Waals surface area contributed by atoms with E-state index in [1.165, 1.54) is 13.4 Å². The maximum atomic E-state index is 11.1. The van der Waals surface area contributed by atoms with Crippen LogP contribution >= 0.6 is 0 Å². The van der Waals surface area contributed by atoms with E-state index in [1.54, 1.807) is 0 Å². The lowest BCUT2D eigenvalue weighted by molar-refractivity contribution is -0.385. The van der Waals surface area contributed by atoms with Gasteiger partial charge in [-0.2, -0.15) is 4.98 Å². The number of nitro groups is 1. The highest BCUT2D eigenvalue weighted by molar-refractivity contribution is 5.60. The van der Waals surface area contributed by atoms with Gasteiger partial charge in [-0.1, -0.05) is 13.8 Å². The number of rotatable bonds is 9. The molecule has 20 heavy (non-hydrogen) atoms. The fourth-order valence-electron chi connectivity index (χ4n) is 1.88. The predicted molar refractivity (Wildman–Crippen MR) is 76.1 cm³/mol. The second-order valence-electron chi connectivity index (χ2n) is 4.20. The van der Waals surface area contributed by atoms with Crippen molar-refractivity contribution < 1.29 is 9.66 Å². The summed E-state index contributed by atoms with van der Waals surface area (Å²) in [6.07, 6.45) is 2.33. The Morgan fingerprint density at radius 2 is 2.15 bits per heavy atom. The topological polar surface area (TPSA) is 93.4 Å². The first-order valence-electron chi connectivity index (χ1n) is 6.63. The number of hydrogen-bond donors (Lipinski definition) is 1. The molecule has 0 saturated heterocycles. The summed E-state index contributed by atoms with van der Waals surface area (Å²) < 4.78 is 4.89. The highest BCUT2D eigenvalue weighted by Gasteiger charge is 2.23. The van der Waals surface area contributed by atoms with Crippen molar-refractivity contribution in [3.05, 3.63) is 16.4 Å². The average molecular weight is 283 g/mol. The number of aromatic nitrogens is 2. The van der Waals surface area contributed by atoms with Gasteiger partial charge in [-0.3, -0.25) is 10.1 Å². The Kier molecular flexibility index (Phi) is 6.65. The van der Waals surface area contributed by atoms with Crippen LogP contribution in [0.1, 0.15) is 20.3 Å². The van der Waals surface area contributed by atoms with Gasteiger partial charge in [-0.15, -0.1) is 0 Å². The van der Waals surface area contributed by atoms with E-state index in [0.29, 0.717) is 6.54 Å². The molecule has 0 unspecified atom stereocenters. The van der Waals surface area contributed by atoms with Crippen LogP contribution in [0.25, 0.3) is 0 Å². The van der Waals surface area contributed by atoms with Gasteiger partial charge in [0.25, 0.3) is 5.88 Å². The number of nitrogens with zero attached hydrogens (tertiary/aromatic N) is 4. The summed E-state index contributed by atoms with van der Waals surface area (Å²) in [5.74, 6) is 0.155. The van der Waals surface area contributed by atoms with Gasteiger partial charge in [-0.25, -0.2) is 4.98 Å². The van der Waals surface area contributed by atoms with Crippen LogP contribution in [0.15, 0.2) is 6.33 Å². The standard InChI is InChI=1S/C12H21N5O3/c1-4-7-16(5-2)8-6-13-11-10(17(18)19)12(20-3)15-9-14-11/h9H,4-8H2,1-3H3,(H,13,14,15). The third kappa shape index (κ3) is 4.30. The molecule has 1 rings (SSSR count). The summed E-state index contributed by atoms with van der Waals surface area (Å²) in [7, 11) is 1.35. The fraction of sp³-hybridized carbons (Fsp3) is 0.667. The molecule has 1 heterocycles. The van der Waals surface area contributed by atoms with E-state index in [1.807, 2.05) is 0 Å². The molecule has 0 aliphatic carbocycles. The maximum absolute atomic E-state index is 11.1. The minimum absolute atomic E-state index is 0.0339. The molecule has 8 heteroatoms. The molecule has 0 spiro atoms. The van der Waals surface area contributed by atoms with E-state index >= 15 is 0 Å². The molecule has 112 valence electrons. The summed E-state index contributed by atoms with van der Waals surface area (Å²) in [6.45, 7) is 7.54. The zero-order valence-corrected chi connectivity index (χ0v) is 12.1. The number of hydrogen-bond acceptors (Lipinski definition) is 7. The minimum atomic E-state index is -0.537. The van der Waals surface area contributed by atoms with Gasteiger partial charge in [0.15, 0.2) is 0 Å². The number of anilines is 1. The monoisotopic (exact) mass is 283 g/mol. The second-order valence-corrected chi connectivity index (χ2v) is 4.20. The number of methoxy groups -OCH3 is 1. The molecular weight excluding hydrogens is 262 g/mol. The van der Waals surface area contributed by atoms with Gasteiger partial charge in [0.2, 0.25) is 5.82 Å². The van der Waals surface area contributed by atoms with E-state index in [0.717, 1.165) is 26.1 Å². The van der Waals surface area contributed by atoms with E-state index in [2.05, 4.69) is 34.0 Å². The Morgan fingerprint density at radius 3 is 2.70 bits per heavy atom. The van der Waals surface area contributed by atoms with Crippen LogP contribution in [-0.4, -0.2) is 53.1 Å². The van der Waals surface area contributed by atoms with E-state index in [9.17, 15) is 10.1 Å². The van der Waals surface area contributed by atoms with Crippen molar-refractivity contribution >= 4 is 11.5 Å². The Balaban J connectivity index is 2.70. The fourth-order valence-corrected chi connectivity index (χ4v) is 1.88. The number of nitrogens with one attached hydrogen (secondary N) is 1. The summed E-state index contributed by atoms with van der Waals surface area (Å²) in [4.78, 5) is 20.4. The van der Waals surface area contributed by atoms with Crippen molar-refractivity contribution in [1.82, 2.24) is 14.9 Å². The third-order valence-electron chi connectivity index (χ3n) is 2.87. The Morgan fingerprint density at radius 1 is 1.40 bits per heavy atom. The molecule has 1 aromatic rings. The van der Waals surface area contributed by atoms with Crippen LogP contribution in [0.4, 0.5) is 11.5 Å². The molecule has 1 aromatic heterocycles. The van der Waals surface area contributed by atoms with E-state index < -0.39 is 4.92 Å². The van der Waals surface area contributed by atoms with Gasteiger partial charge in [0.1, 0.15) is 6.33 Å². The molecule has 0 atom stereocenters.